The summed E-state index contributed by atoms with van der Waals surface area (Å²) in [7, 11) is 0. The number of unbranched alkanes of at least 4 members (excludes halogenated alkanes) is 27. The number of amides is 1. The molecule has 0 unspecified atom stereocenters. The lowest BCUT2D eigenvalue weighted by molar-refractivity contribution is 0.0948. The van der Waals surface area contributed by atoms with Gasteiger partial charge in [0.1, 0.15) is 11.0 Å². The molecule has 4 aromatic heterocycles. The van der Waals surface area contributed by atoms with Crippen LogP contribution >= 0.6 is 45.7 Å². The average Bonchev–Trinajstić information content (AvgIpc) is 4.21. The van der Waals surface area contributed by atoms with Crippen LogP contribution < -0.4 is 5.32 Å². The number of hydrogen-bond donors (Lipinski definition) is 1. The first-order chi connectivity index (χ1) is 35.3. The van der Waals surface area contributed by atoms with Crippen molar-refractivity contribution in [2.45, 2.75) is 279 Å². The number of fused-ring (bicyclic) bond motifs is 1. The number of carbonyl (C=O) groups is 2. The van der Waals surface area contributed by atoms with Gasteiger partial charge in [-0.05, 0) is 78.3 Å². The zero-order valence-electron chi connectivity index (χ0n) is 47.6. The smallest absolute Gasteiger partial charge is 0.252 e. The molecule has 0 aliphatic heterocycles. The predicted molar refractivity (Wildman–Crippen MR) is 325 cm³/mol. The molecule has 0 aliphatic rings. The monoisotopic (exact) mass is 1070 g/mol. The minimum Gasteiger partial charge on any atom is -0.352 e. The normalized spacial score (nSPS) is 12.2. The zero-order valence-corrected chi connectivity index (χ0v) is 50.8. The molecule has 0 radical (unpaired) electrons. The van der Waals surface area contributed by atoms with Crippen LogP contribution in [0.5, 0.6) is 0 Å². The minimum atomic E-state index is -0.199. The van der Waals surface area contributed by atoms with Gasteiger partial charge in [-0.25, -0.2) is 0 Å². The van der Waals surface area contributed by atoms with Crippen molar-refractivity contribution in [2.24, 2.45) is 0 Å². The summed E-state index contributed by atoms with van der Waals surface area (Å²) in [6.45, 7) is 21.3. The van der Waals surface area contributed by atoms with E-state index in [4.69, 9.17) is 8.75 Å². The van der Waals surface area contributed by atoms with Gasteiger partial charge in [0.25, 0.3) is 5.91 Å². The van der Waals surface area contributed by atoms with Crippen molar-refractivity contribution in [1.82, 2.24) is 14.1 Å². The van der Waals surface area contributed by atoms with E-state index < -0.39 is 0 Å². The van der Waals surface area contributed by atoms with E-state index in [1.807, 2.05) is 11.3 Å². The van der Waals surface area contributed by atoms with E-state index in [0.717, 1.165) is 52.9 Å². The van der Waals surface area contributed by atoms with Crippen molar-refractivity contribution >= 4 is 69.0 Å². The topological polar surface area (TPSA) is 72.0 Å². The van der Waals surface area contributed by atoms with E-state index in [1.165, 1.54) is 211 Å². The number of hydrogen-bond acceptors (Lipinski definition) is 8. The Kier molecular flexibility index (Phi) is 27.4. The second-order valence-corrected chi connectivity index (χ2v) is 27.2. The standard InChI is InChI=1S/C64H99N3O2S4/c1-10-13-16-19-22-25-28-31-34-37-40-48-49(41-38-35-32-29-26-23-20-17-14-11-2)61(64(7,8)9)72-60(48)53-43-42-51(70-53)55-50(47-68)56(62(69)65-46-39-36-33-30-27-24-21-18-15-12-3)57(59-58(55)66-73-67-59)52-44-45-54(71-52)63(4,5)6/h42-45,47H,10-41,46H2,1-9H3,(H,65,69). The molecule has 5 rings (SSSR count). The predicted octanol–water partition coefficient (Wildman–Crippen LogP) is 21.9. The van der Waals surface area contributed by atoms with Crippen LogP contribution in [0.2, 0.25) is 0 Å². The summed E-state index contributed by atoms with van der Waals surface area (Å²) in [5.74, 6) is -0.199. The molecule has 0 saturated carbocycles. The summed E-state index contributed by atoms with van der Waals surface area (Å²) in [5.41, 5.74) is 6.88. The molecule has 5 nitrogen and oxygen atoms in total. The van der Waals surface area contributed by atoms with Gasteiger partial charge in [0.15, 0.2) is 6.29 Å². The first-order valence-electron chi connectivity index (χ1n) is 29.8. The molecule has 0 saturated heterocycles. The van der Waals surface area contributed by atoms with E-state index in [2.05, 4.69) is 91.9 Å². The molecule has 406 valence electrons. The molecule has 0 atom stereocenters. The molecule has 4 heterocycles. The Labute approximate surface area is 461 Å². The molecule has 9 heteroatoms. The van der Waals surface area contributed by atoms with Gasteiger partial charge in [0, 0.05) is 52.5 Å². The van der Waals surface area contributed by atoms with E-state index >= 15 is 0 Å². The molecule has 0 bridgehead atoms. The lowest BCUT2D eigenvalue weighted by atomic mass is 9.86. The Morgan fingerprint density at radius 3 is 1.38 bits per heavy atom. The highest BCUT2D eigenvalue weighted by molar-refractivity contribution is 7.24. The van der Waals surface area contributed by atoms with Crippen LogP contribution in [0.25, 0.3) is 41.7 Å². The van der Waals surface area contributed by atoms with Gasteiger partial charge in [0.2, 0.25) is 0 Å². The highest BCUT2D eigenvalue weighted by atomic mass is 32.1. The Morgan fingerprint density at radius 2 is 0.918 bits per heavy atom. The Hall–Kier alpha value is -2.72. The first-order valence-corrected chi connectivity index (χ1v) is 32.9. The summed E-state index contributed by atoms with van der Waals surface area (Å²) >= 11 is 6.64. The Morgan fingerprint density at radius 1 is 0.493 bits per heavy atom. The number of aromatic nitrogens is 2. The van der Waals surface area contributed by atoms with Crippen molar-refractivity contribution in [2.75, 3.05) is 6.54 Å². The van der Waals surface area contributed by atoms with Crippen LogP contribution in [0.3, 0.4) is 0 Å². The van der Waals surface area contributed by atoms with Gasteiger partial charge in [-0.1, -0.05) is 236 Å². The molecule has 1 aromatic carbocycles. The first kappa shape index (κ1) is 61.1. The summed E-state index contributed by atoms with van der Waals surface area (Å²) in [4.78, 5) is 35.9. The van der Waals surface area contributed by atoms with Crippen LogP contribution in [0.15, 0.2) is 24.3 Å². The number of nitrogens with zero attached hydrogens (tertiary/aromatic N) is 2. The number of rotatable bonds is 38. The molecule has 73 heavy (non-hydrogen) atoms. The summed E-state index contributed by atoms with van der Waals surface area (Å²) in [6.07, 6.45) is 42.3. The van der Waals surface area contributed by atoms with E-state index in [1.54, 1.807) is 33.8 Å². The SMILES string of the molecule is CCCCCCCCCCCCNC(=O)c1c(C=O)c(-c2ccc(-c3sc(C(C)(C)C)c(CCCCCCCCCCCC)c3CCCCCCCCCCCC)s2)c2nsnc2c1-c1ccc(C(C)(C)C)s1. The van der Waals surface area contributed by atoms with Gasteiger partial charge in [-0.3, -0.25) is 9.59 Å². The van der Waals surface area contributed by atoms with Gasteiger partial charge < -0.3 is 5.32 Å². The largest absolute Gasteiger partial charge is 0.352 e. The number of thiophene rings is 3. The molecule has 0 aliphatic carbocycles. The lowest BCUT2D eigenvalue weighted by Gasteiger charge is -2.20. The number of carbonyl (C=O) groups excluding carboxylic acids is 2. The van der Waals surface area contributed by atoms with Crippen LogP contribution in [-0.4, -0.2) is 27.5 Å². The Balaban J connectivity index is 1.46. The van der Waals surface area contributed by atoms with Crippen molar-refractivity contribution in [3.8, 4) is 30.6 Å². The molecule has 1 amide bonds. The lowest BCUT2D eigenvalue weighted by Crippen LogP contribution is -2.26. The van der Waals surface area contributed by atoms with Gasteiger partial charge in [0.05, 0.1) is 17.3 Å². The maximum atomic E-state index is 14.8. The van der Waals surface area contributed by atoms with Crippen molar-refractivity contribution in [3.63, 3.8) is 0 Å². The summed E-state index contributed by atoms with van der Waals surface area (Å²) < 4.78 is 9.89. The third-order valence-electron chi connectivity index (χ3n) is 14.9. The maximum Gasteiger partial charge on any atom is 0.252 e. The third kappa shape index (κ3) is 19.1. The molecule has 1 N–H and O–H groups in total. The van der Waals surface area contributed by atoms with E-state index in [9.17, 15) is 9.59 Å². The van der Waals surface area contributed by atoms with E-state index in [0.29, 0.717) is 28.7 Å². The molecule has 0 spiro atoms. The van der Waals surface area contributed by atoms with Crippen molar-refractivity contribution in [1.29, 1.82) is 0 Å². The number of nitrogens with one attached hydrogen (secondary N) is 1. The average molecular weight is 1070 g/mol. The van der Waals surface area contributed by atoms with Crippen LogP contribution in [-0.2, 0) is 23.7 Å². The quantitative estimate of drug-likeness (QED) is 0.0316. The molecule has 0 fully saturated rings. The highest BCUT2D eigenvalue weighted by Crippen LogP contribution is 2.50. The zero-order chi connectivity index (χ0) is 52.5. The van der Waals surface area contributed by atoms with Crippen molar-refractivity contribution in [3.05, 3.63) is 56.3 Å². The third-order valence-corrected chi connectivity index (χ3v) is 20.0. The van der Waals surface area contributed by atoms with E-state index in [-0.39, 0.29) is 16.7 Å². The minimum absolute atomic E-state index is 0.0348. The van der Waals surface area contributed by atoms with Gasteiger partial charge >= 0.3 is 0 Å². The second-order valence-electron chi connectivity index (χ2n) is 23.5. The van der Waals surface area contributed by atoms with Gasteiger partial charge in [-0.2, -0.15) is 8.75 Å². The fourth-order valence-corrected chi connectivity index (χ4v) is 15.0. The summed E-state index contributed by atoms with van der Waals surface area (Å²) in [6, 6.07) is 8.77. The molecular weight excluding hydrogens is 971 g/mol. The van der Waals surface area contributed by atoms with Crippen LogP contribution in [0.4, 0.5) is 0 Å². The highest BCUT2D eigenvalue weighted by Gasteiger charge is 2.32. The molecular formula is C64H99N3O2S4. The van der Waals surface area contributed by atoms with Gasteiger partial charge in [-0.15, -0.1) is 34.0 Å². The maximum absolute atomic E-state index is 14.8. The number of benzene rings is 1. The number of aldehydes is 1. The van der Waals surface area contributed by atoms with Crippen LogP contribution in [0, 0.1) is 0 Å². The second kappa shape index (κ2) is 32.8. The fraction of sp³-hybridized carbons (Fsp3) is 0.688. The molecule has 5 aromatic rings. The van der Waals surface area contributed by atoms with Crippen molar-refractivity contribution < 1.29 is 9.59 Å². The van der Waals surface area contributed by atoms with Crippen LogP contribution in [0.1, 0.15) is 297 Å². The summed E-state index contributed by atoms with van der Waals surface area (Å²) in [5, 5.41) is 3.30. The fourth-order valence-electron chi connectivity index (χ4n) is 10.6. The Bertz CT molecular complexity index is 2350.